The van der Waals surface area contributed by atoms with Crippen LogP contribution in [0, 0.1) is 0 Å². The second-order valence-electron chi connectivity index (χ2n) is 2.73. The molecule has 0 aliphatic heterocycles. The number of carboxylic acids is 1. The van der Waals surface area contributed by atoms with Gasteiger partial charge in [-0.3, -0.25) is 9.69 Å². The van der Waals surface area contributed by atoms with Crippen molar-refractivity contribution in [3.05, 3.63) is 0 Å². The molecule has 0 aromatic carbocycles. The van der Waals surface area contributed by atoms with Crippen molar-refractivity contribution >= 4 is 5.97 Å². The molecule has 0 spiro atoms. The Bertz CT molecular complexity index is 114. The molecule has 86 valence electrons. The molecule has 0 saturated heterocycles. The molecular formula is C8H22N4O2. The smallest absolute Gasteiger partial charge is 0.300 e. The van der Waals surface area contributed by atoms with Gasteiger partial charge in [0, 0.05) is 46.2 Å². The van der Waals surface area contributed by atoms with Crippen LogP contribution >= 0.6 is 0 Å². The lowest BCUT2D eigenvalue weighted by Crippen LogP contribution is -2.37. The highest BCUT2D eigenvalue weighted by Crippen LogP contribution is 1.81. The summed E-state index contributed by atoms with van der Waals surface area (Å²) in [6.07, 6.45) is 0. The third-order valence-corrected chi connectivity index (χ3v) is 1.34. The van der Waals surface area contributed by atoms with E-state index in [1.807, 2.05) is 0 Å². The van der Waals surface area contributed by atoms with Gasteiger partial charge in [0.2, 0.25) is 0 Å². The Balaban J connectivity index is 0. The standard InChI is InChI=1S/C6H18N4.C2H4O2/c7-1-4-10(5-2-8)6-3-9;1-2(3)4/h1-9H2;1H3,(H,3,4). The van der Waals surface area contributed by atoms with Crippen LogP contribution in [0.4, 0.5) is 0 Å². The van der Waals surface area contributed by atoms with Crippen LogP contribution in [0.1, 0.15) is 6.92 Å². The molecule has 0 aromatic heterocycles. The van der Waals surface area contributed by atoms with Crippen LogP contribution in [-0.4, -0.2) is 55.2 Å². The first-order chi connectivity index (χ1) is 6.58. The fraction of sp³-hybridized carbons (Fsp3) is 0.875. The van der Waals surface area contributed by atoms with E-state index in [0.29, 0.717) is 19.6 Å². The summed E-state index contributed by atoms with van der Waals surface area (Å²) in [4.78, 5) is 11.2. The SMILES string of the molecule is CC(=O)O.NCCN(CCN)CCN. The lowest BCUT2D eigenvalue weighted by atomic mass is 10.4. The molecule has 0 unspecified atom stereocenters. The topological polar surface area (TPSA) is 119 Å². The van der Waals surface area contributed by atoms with Crippen molar-refractivity contribution < 1.29 is 9.90 Å². The molecule has 7 N–H and O–H groups in total. The lowest BCUT2D eigenvalue weighted by molar-refractivity contribution is -0.134. The molecule has 0 radical (unpaired) electrons. The first-order valence-electron chi connectivity index (χ1n) is 4.60. The number of hydrogen-bond acceptors (Lipinski definition) is 5. The Morgan fingerprint density at radius 1 is 1.07 bits per heavy atom. The Morgan fingerprint density at radius 3 is 1.43 bits per heavy atom. The zero-order chi connectivity index (χ0) is 11.4. The molecule has 14 heavy (non-hydrogen) atoms. The van der Waals surface area contributed by atoms with E-state index in [0.717, 1.165) is 26.6 Å². The van der Waals surface area contributed by atoms with Crippen molar-refractivity contribution in [2.75, 3.05) is 39.3 Å². The van der Waals surface area contributed by atoms with Gasteiger partial charge in [0.15, 0.2) is 0 Å². The van der Waals surface area contributed by atoms with E-state index in [2.05, 4.69) is 4.90 Å². The van der Waals surface area contributed by atoms with Crippen molar-refractivity contribution in [3.63, 3.8) is 0 Å². The molecule has 0 rings (SSSR count). The minimum absolute atomic E-state index is 0.681. The number of hydrogen-bond donors (Lipinski definition) is 4. The van der Waals surface area contributed by atoms with Crippen molar-refractivity contribution in [2.24, 2.45) is 17.2 Å². The van der Waals surface area contributed by atoms with Crippen LogP contribution in [0.5, 0.6) is 0 Å². The summed E-state index contributed by atoms with van der Waals surface area (Å²) in [6, 6.07) is 0. The second kappa shape index (κ2) is 12.3. The average molecular weight is 206 g/mol. The minimum Gasteiger partial charge on any atom is -0.481 e. The predicted molar refractivity (Wildman–Crippen MR) is 56.9 cm³/mol. The summed E-state index contributed by atoms with van der Waals surface area (Å²) in [5, 5.41) is 7.42. The van der Waals surface area contributed by atoms with Crippen LogP contribution in [0.15, 0.2) is 0 Å². The zero-order valence-corrected chi connectivity index (χ0v) is 8.78. The summed E-state index contributed by atoms with van der Waals surface area (Å²) >= 11 is 0. The Labute approximate surface area is 85.0 Å². The zero-order valence-electron chi connectivity index (χ0n) is 8.78. The van der Waals surface area contributed by atoms with Crippen LogP contribution in [-0.2, 0) is 4.79 Å². The predicted octanol–water partition coefficient (Wildman–Crippen LogP) is -1.74. The van der Waals surface area contributed by atoms with Gasteiger partial charge in [-0.25, -0.2) is 0 Å². The maximum atomic E-state index is 9.00. The first kappa shape index (κ1) is 15.8. The fourth-order valence-corrected chi connectivity index (χ4v) is 0.883. The highest BCUT2D eigenvalue weighted by molar-refractivity contribution is 5.62. The minimum atomic E-state index is -0.833. The van der Waals surface area contributed by atoms with Gasteiger partial charge in [-0.1, -0.05) is 0 Å². The molecule has 6 heteroatoms. The average Bonchev–Trinajstić information content (AvgIpc) is 2.04. The van der Waals surface area contributed by atoms with Gasteiger partial charge in [0.1, 0.15) is 0 Å². The van der Waals surface area contributed by atoms with E-state index < -0.39 is 5.97 Å². The van der Waals surface area contributed by atoms with Crippen molar-refractivity contribution in [3.8, 4) is 0 Å². The van der Waals surface area contributed by atoms with Gasteiger partial charge < -0.3 is 22.3 Å². The molecule has 0 heterocycles. The quantitative estimate of drug-likeness (QED) is 0.409. The molecule has 0 aliphatic carbocycles. The normalized spacial score (nSPS) is 9.50. The van der Waals surface area contributed by atoms with Crippen molar-refractivity contribution in [1.29, 1.82) is 0 Å². The number of carbonyl (C=O) groups is 1. The summed E-state index contributed by atoms with van der Waals surface area (Å²) in [5.41, 5.74) is 16.1. The van der Waals surface area contributed by atoms with Crippen LogP contribution in [0.2, 0.25) is 0 Å². The Hall–Kier alpha value is -0.690. The number of nitrogens with two attached hydrogens (primary N) is 3. The number of nitrogens with zero attached hydrogens (tertiary/aromatic N) is 1. The van der Waals surface area contributed by atoms with Crippen LogP contribution < -0.4 is 17.2 Å². The molecule has 0 saturated carbocycles. The van der Waals surface area contributed by atoms with E-state index in [1.54, 1.807) is 0 Å². The van der Waals surface area contributed by atoms with E-state index in [9.17, 15) is 0 Å². The summed E-state index contributed by atoms with van der Waals surface area (Å²) in [5.74, 6) is -0.833. The molecular weight excluding hydrogens is 184 g/mol. The van der Waals surface area contributed by atoms with E-state index in [-0.39, 0.29) is 0 Å². The van der Waals surface area contributed by atoms with Crippen LogP contribution in [0.25, 0.3) is 0 Å². The summed E-state index contributed by atoms with van der Waals surface area (Å²) in [7, 11) is 0. The van der Waals surface area contributed by atoms with Gasteiger partial charge in [-0.05, 0) is 0 Å². The fourth-order valence-electron chi connectivity index (χ4n) is 0.883. The maximum Gasteiger partial charge on any atom is 0.300 e. The van der Waals surface area contributed by atoms with E-state index in [1.165, 1.54) is 0 Å². The number of rotatable bonds is 6. The molecule has 0 amide bonds. The number of carboxylic acid groups (broad SMARTS) is 1. The second-order valence-corrected chi connectivity index (χ2v) is 2.73. The Morgan fingerprint density at radius 2 is 1.29 bits per heavy atom. The van der Waals surface area contributed by atoms with Gasteiger partial charge in [0.25, 0.3) is 5.97 Å². The lowest BCUT2D eigenvalue weighted by Gasteiger charge is -2.18. The van der Waals surface area contributed by atoms with E-state index in [4.69, 9.17) is 27.1 Å². The third-order valence-electron chi connectivity index (χ3n) is 1.34. The van der Waals surface area contributed by atoms with Gasteiger partial charge in [-0.2, -0.15) is 0 Å². The maximum absolute atomic E-state index is 9.00. The van der Waals surface area contributed by atoms with Crippen LogP contribution in [0.3, 0.4) is 0 Å². The highest BCUT2D eigenvalue weighted by atomic mass is 16.4. The van der Waals surface area contributed by atoms with Gasteiger partial charge in [0.05, 0.1) is 0 Å². The number of aliphatic carboxylic acids is 1. The molecule has 0 aromatic rings. The van der Waals surface area contributed by atoms with Gasteiger partial charge in [-0.15, -0.1) is 0 Å². The van der Waals surface area contributed by atoms with Crippen molar-refractivity contribution in [2.45, 2.75) is 6.92 Å². The third kappa shape index (κ3) is 17.4. The van der Waals surface area contributed by atoms with E-state index >= 15 is 0 Å². The first-order valence-corrected chi connectivity index (χ1v) is 4.60. The van der Waals surface area contributed by atoms with Gasteiger partial charge >= 0.3 is 0 Å². The highest BCUT2D eigenvalue weighted by Gasteiger charge is 1.98. The molecule has 0 aliphatic rings. The van der Waals surface area contributed by atoms with Crippen molar-refractivity contribution in [1.82, 2.24) is 4.90 Å². The monoisotopic (exact) mass is 206 g/mol. The molecule has 6 nitrogen and oxygen atoms in total. The largest absolute Gasteiger partial charge is 0.481 e. The molecule has 0 atom stereocenters. The molecule has 0 bridgehead atoms. The Kier molecular flexibility index (Phi) is 13.9. The summed E-state index contributed by atoms with van der Waals surface area (Å²) in [6.45, 7) is 5.82. The molecule has 0 fully saturated rings. The summed E-state index contributed by atoms with van der Waals surface area (Å²) < 4.78 is 0.